The van der Waals surface area contributed by atoms with E-state index in [9.17, 15) is 5.11 Å². The molecule has 1 aliphatic rings. The highest BCUT2D eigenvalue weighted by molar-refractivity contribution is 5.28. The Morgan fingerprint density at radius 2 is 1.62 bits per heavy atom. The van der Waals surface area contributed by atoms with Crippen LogP contribution < -0.4 is 4.74 Å². The topological polar surface area (TPSA) is 29.5 Å². The summed E-state index contributed by atoms with van der Waals surface area (Å²) in [6, 6.07) is 8.00. The summed E-state index contributed by atoms with van der Waals surface area (Å²) in [4.78, 5) is 0. The van der Waals surface area contributed by atoms with E-state index in [2.05, 4.69) is 20.8 Å². The highest BCUT2D eigenvalue weighted by atomic mass is 16.5. The molecule has 0 saturated heterocycles. The van der Waals surface area contributed by atoms with Gasteiger partial charge in [-0.2, -0.15) is 0 Å². The lowest BCUT2D eigenvalue weighted by atomic mass is 9.74. The molecule has 1 unspecified atom stereocenters. The average Bonchev–Trinajstić information content (AvgIpc) is 2.53. The molecule has 2 heteroatoms. The highest BCUT2D eigenvalue weighted by Gasteiger charge is 2.28. The van der Waals surface area contributed by atoms with Crippen molar-refractivity contribution in [2.45, 2.75) is 59.0 Å². The Morgan fingerprint density at radius 1 is 1.05 bits per heavy atom. The molecular weight excluding hydrogens is 260 g/mol. The zero-order valence-corrected chi connectivity index (χ0v) is 13.7. The van der Waals surface area contributed by atoms with Crippen LogP contribution in [0.5, 0.6) is 5.75 Å². The quantitative estimate of drug-likeness (QED) is 0.801. The maximum Gasteiger partial charge on any atom is 0.119 e. The molecule has 1 aliphatic carbocycles. The molecule has 0 spiro atoms. The maximum atomic E-state index is 10.6. The van der Waals surface area contributed by atoms with Crippen LogP contribution in [0, 0.1) is 17.8 Å². The molecule has 2 rings (SSSR count). The molecule has 0 aliphatic heterocycles. The van der Waals surface area contributed by atoms with Gasteiger partial charge in [-0.25, -0.2) is 0 Å². The van der Waals surface area contributed by atoms with E-state index in [0.717, 1.165) is 49.0 Å². The molecular formula is C19H30O2. The molecule has 21 heavy (non-hydrogen) atoms. The van der Waals surface area contributed by atoms with Gasteiger partial charge in [0.2, 0.25) is 0 Å². The molecule has 118 valence electrons. The van der Waals surface area contributed by atoms with Gasteiger partial charge in [-0.1, -0.05) is 32.9 Å². The Morgan fingerprint density at radius 3 is 2.14 bits per heavy atom. The average molecular weight is 290 g/mol. The molecule has 1 saturated carbocycles. The minimum atomic E-state index is -0.321. The number of benzene rings is 1. The van der Waals surface area contributed by atoms with E-state index in [1.54, 1.807) is 0 Å². The molecule has 0 bridgehead atoms. The van der Waals surface area contributed by atoms with Gasteiger partial charge in [0.1, 0.15) is 5.75 Å². The van der Waals surface area contributed by atoms with Crippen molar-refractivity contribution in [1.82, 2.24) is 0 Å². The van der Waals surface area contributed by atoms with E-state index >= 15 is 0 Å². The van der Waals surface area contributed by atoms with Gasteiger partial charge < -0.3 is 9.84 Å². The van der Waals surface area contributed by atoms with Crippen LogP contribution in [0.15, 0.2) is 24.3 Å². The standard InChI is InChI=1S/C19H30O2/c1-4-13-21-18-11-9-17(10-12-18)19(20)16-7-5-15(6-8-16)14(2)3/h9-12,14-16,19-20H,4-8,13H2,1-3H3. The Hall–Kier alpha value is -1.02. The van der Waals surface area contributed by atoms with Gasteiger partial charge in [-0.15, -0.1) is 0 Å². The minimum Gasteiger partial charge on any atom is -0.494 e. The maximum absolute atomic E-state index is 10.6. The van der Waals surface area contributed by atoms with Gasteiger partial charge in [0.25, 0.3) is 0 Å². The molecule has 1 aromatic carbocycles. The van der Waals surface area contributed by atoms with Crippen LogP contribution >= 0.6 is 0 Å². The summed E-state index contributed by atoms with van der Waals surface area (Å²) in [6.45, 7) is 7.49. The number of aliphatic hydroxyl groups excluding tert-OH is 1. The lowest BCUT2D eigenvalue weighted by Gasteiger charge is -2.33. The molecule has 0 heterocycles. The van der Waals surface area contributed by atoms with Crippen LogP contribution in [0.1, 0.15) is 64.5 Å². The fourth-order valence-corrected chi connectivity index (χ4v) is 3.38. The van der Waals surface area contributed by atoms with Crippen molar-refractivity contribution < 1.29 is 9.84 Å². The highest BCUT2D eigenvalue weighted by Crippen LogP contribution is 2.39. The third-order valence-electron chi connectivity index (χ3n) is 4.90. The van der Waals surface area contributed by atoms with Crippen molar-refractivity contribution in [2.75, 3.05) is 6.61 Å². The summed E-state index contributed by atoms with van der Waals surface area (Å²) < 4.78 is 5.59. The second kappa shape index (κ2) is 7.84. The summed E-state index contributed by atoms with van der Waals surface area (Å²) in [5, 5.41) is 10.6. The Kier molecular flexibility index (Phi) is 6.10. The van der Waals surface area contributed by atoms with Gasteiger partial charge >= 0.3 is 0 Å². The molecule has 0 amide bonds. The lowest BCUT2D eigenvalue weighted by Crippen LogP contribution is -2.23. The SMILES string of the molecule is CCCOc1ccc(C(O)C2CCC(C(C)C)CC2)cc1. The van der Waals surface area contributed by atoms with Crippen LogP contribution in [0.25, 0.3) is 0 Å². The molecule has 1 atom stereocenters. The smallest absolute Gasteiger partial charge is 0.119 e. The zero-order chi connectivity index (χ0) is 15.2. The lowest BCUT2D eigenvalue weighted by molar-refractivity contribution is 0.0667. The van der Waals surface area contributed by atoms with Crippen molar-refractivity contribution in [3.05, 3.63) is 29.8 Å². The Bertz CT molecular complexity index is 402. The Balaban J connectivity index is 1.89. The monoisotopic (exact) mass is 290 g/mol. The molecule has 0 aromatic heterocycles. The van der Waals surface area contributed by atoms with Crippen LogP contribution in [-0.2, 0) is 0 Å². The molecule has 0 radical (unpaired) electrons. The summed E-state index contributed by atoms with van der Waals surface area (Å²) in [6.07, 6.45) is 5.52. The number of hydrogen-bond donors (Lipinski definition) is 1. The van der Waals surface area contributed by atoms with Crippen molar-refractivity contribution in [3.63, 3.8) is 0 Å². The minimum absolute atomic E-state index is 0.321. The third-order valence-corrected chi connectivity index (χ3v) is 4.90. The molecule has 1 N–H and O–H groups in total. The van der Waals surface area contributed by atoms with Gasteiger partial charge in [0.05, 0.1) is 12.7 Å². The van der Waals surface area contributed by atoms with Gasteiger partial charge in [-0.3, -0.25) is 0 Å². The van der Waals surface area contributed by atoms with Crippen molar-refractivity contribution in [1.29, 1.82) is 0 Å². The molecule has 2 nitrogen and oxygen atoms in total. The van der Waals surface area contributed by atoms with Gasteiger partial charge in [-0.05, 0) is 67.6 Å². The van der Waals surface area contributed by atoms with E-state index in [-0.39, 0.29) is 6.10 Å². The largest absolute Gasteiger partial charge is 0.494 e. The Labute approximate surface area is 129 Å². The fraction of sp³-hybridized carbons (Fsp3) is 0.684. The summed E-state index contributed by atoms with van der Waals surface area (Å²) in [5.41, 5.74) is 1.03. The van der Waals surface area contributed by atoms with Crippen LogP contribution in [0.2, 0.25) is 0 Å². The zero-order valence-electron chi connectivity index (χ0n) is 13.7. The third kappa shape index (κ3) is 4.47. The predicted octanol–water partition coefficient (Wildman–Crippen LogP) is 4.97. The fourth-order valence-electron chi connectivity index (χ4n) is 3.38. The number of ether oxygens (including phenoxy) is 1. The van der Waals surface area contributed by atoms with E-state index in [1.165, 1.54) is 12.8 Å². The van der Waals surface area contributed by atoms with Crippen LogP contribution in [-0.4, -0.2) is 11.7 Å². The van der Waals surface area contributed by atoms with E-state index < -0.39 is 0 Å². The van der Waals surface area contributed by atoms with Gasteiger partial charge in [0.15, 0.2) is 0 Å². The first-order chi connectivity index (χ1) is 10.1. The second-order valence-electron chi connectivity index (χ2n) is 6.78. The molecule has 1 aromatic rings. The normalized spacial score (nSPS) is 24.0. The van der Waals surface area contributed by atoms with Crippen LogP contribution in [0.3, 0.4) is 0 Å². The number of aliphatic hydroxyl groups is 1. The van der Waals surface area contributed by atoms with E-state index in [4.69, 9.17) is 4.74 Å². The van der Waals surface area contributed by atoms with Crippen molar-refractivity contribution >= 4 is 0 Å². The van der Waals surface area contributed by atoms with E-state index in [0.29, 0.717) is 5.92 Å². The van der Waals surface area contributed by atoms with Crippen LogP contribution in [0.4, 0.5) is 0 Å². The first-order valence-electron chi connectivity index (χ1n) is 8.52. The first-order valence-corrected chi connectivity index (χ1v) is 8.52. The van der Waals surface area contributed by atoms with Crippen molar-refractivity contribution in [2.24, 2.45) is 17.8 Å². The molecule has 1 fully saturated rings. The van der Waals surface area contributed by atoms with Crippen molar-refractivity contribution in [3.8, 4) is 5.75 Å². The summed E-state index contributed by atoms with van der Waals surface area (Å²) in [5.74, 6) is 2.94. The second-order valence-corrected chi connectivity index (χ2v) is 6.78. The number of rotatable bonds is 6. The first kappa shape index (κ1) is 16.4. The predicted molar refractivity (Wildman–Crippen MR) is 87.5 cm³/mol. The van der Waals surface area contributed by atoms with Gasteiger partial charge in [0, 0.05) is 0 Å². The van der Waals surface area contributed by atoms with E-state index in [1.807, 2.05) is 24.3 Å². The summed E-state index contributed by atoms with van der Waals surface area (Å²) in [7, 11) is 0. The number of hydrogen-bond acceptors (Lipinski definition) is 2. The summed E-state index contributed by atoms with van der Waals surface area (Å²) >= 11 is 0.